The third-order valence-corrected chi connectivity index (χ3v) is 4.48. The average molecular weight is 353 g/mol. The largest absolute Gasteiger partial charge is 0.326 e. The molecular formula is C19H19N3O4. The summed E-state index contributed by atoms with van der Waals surface area (Å²) in [6.45, 7) is 4.18. The standard InChI is InChI=1S/C19H19N3O4/c1-12-6-7-13(2)17(8-12)21-11-14(9-18(21)23)19(24)20-15-4-3-5-16(10-15)22(25)26/h3-8,10,14H,9,11H2,1-2H3,(H,20,24)/t14-/m1/s1. The highest BCUT2D eigenvalue weighted by Crippen LogP contribution is 2.29. The predicted octanol–water partition coefficient (Wildman–Crippen LogP) is 3.20. The normalized spacial score (nSPS) is 16.6. The van der Waals surface area contributed by atoms with Gasteiger partial charge >= 0.3 is 0 Å². The van der Waals surface area contributed by atoms with Crippen LogP contribution in [-0.4, -0.2) is 23.3 Å². The molecule has 1 aliphatic rings. The monoisotopic (exact) mass is 353 g/mol. The molecule has 0 radical (unpaired) electrons. The minimum absolute atomic E-state index is 0.0951. The Bertz CT molecular complexity index is 894. The Balaban J connectivity index is 1.74. The van der Waals surface area contributed by atoms with Gasteiger partial charge in [-0.05, 0) is 37.1 Å². The van der Waals surface area contributed by atoms with E-state index in [1.165, 1.54) is 18.2 Å². The highest BCUT2D eigenvalue weighted by molar-refractivity contribution is 6.04. The molecule has 7 nitrogen and oxygen atoms in total. The van der Waals surface area contributed by atoms with Crippen LogP contribution in [0.15, 0.2) is 42.5 Å². The molecule has 0 unspecified atom stereocenters. The van der Waals surface area contributed by atoms with Crippen molar-refractivity contribution in [3.05, 3.63) is 63.7 Å². The molecule has 26 heavy (non-hydrogen) atoms. The fourth-order valence-corrected chi connectivity index (χ4v) is 3.07. The Labute approximate surface area is 150 Å². The lowest BCUT2D eigenvalue weighted by atomic mass is 10.1. The first-order chi connectivity index (χ1) is 12.3. The van der Waals surface area contributed by atoms with Gasteiger partial charge in [0, 0.05) is 36.5 Å². The summed E-state index contributed by atoms with van der Waals surface area (Å²) in [6.07, 6.45) is 0.119. The number of hydrogen-bond donors (Lipinski definition) is 1. The Kier molecular flexibility index (Phi) is 4.71. The van der Waals surface area contributed by atoms with E-state index in [1.807, 2.05) is 32.0 Å². The molecule has 1 saturated heterocycles. The van der Waals surface area contributed by atoms with Crippen LogP contribution < -0.4 is 10.2 Å². The number of non-ortho nitro benzene ring substituents is 1. The van der Waals surface area contributed by atoms with Crippen molar-refractivity contribution in [3.63, 3.8) is 0 Å². The van der Waals surface area contributed by atoms with Gasteiger partial charge in [-0.2, -0.15) is 0 Å². The maximum absolute atomic E-state index is 12.5. The van der Waals surface area contributed by atoms with Crippen molar-refractivity contribution >= 4 is 28.9 Å². The average Bonchev–Trinajstić information content (AvgIpc) is 2.99. The zero-order valence-corrected chi connectivity index (χ0v) is 14.6. The summed E-state index contributed by atoms with van der Waals surface area (Å²) in [6, 6.07) is 11.6. The third-order valence-electron chi connectivity index (χ3n) is 4.48. The van der Waals surface area contributed by atoms with Gasteiger partial charge < -0.3 is 10.2 Å². The lowest BCUT2D eigenvalue weighted by molar-refractivity contribution is -0.384. The molecule has 1 N–H and O–H groups in total. The van der Waals surface area contributed by atoms with Crippen LogP contribution in [0.5, 0.6) is 0 Å². The quantitative estimate of drug-likeness (QED) is 0.675. The molecule has 2 amide bonds. The van der Waals surface area contributed by atoms with E-state index in [9.17, 15) is 19.7 Å². The number of carbonyl (C=O) groups is 2. The number of aryl methyl sites for hydroxylation is 2. The maximum atomic E-state index is 12.5. The van der Waals surface area contributed by atoms with Gasteiger partial charge in [0.1, 0.15) is 0 Å². The first-order valence-electron chi connectivity index (χ1n) is 8.28. The number of amides is 2. The van der Waals surface area contributed by atoms with Crippen molar-refractivity contribution in [3.8, 4) is 0 Å². The zero-order valence-electron chi connectivity index (χ0n) is 14.6. The van der Waals surface area contributed by atoms with E-state index in [2.05, 4.69) is 5.32 Å². The van der Waals surface area contributed by atoms with Gasteiger partial charge in [-0.3, -0.25) is 19.7 Å². The molecule has 0 saturated carbocycles. The minimum Gasteiger partial charge on any atom is -0.326 e. The molecule has 3 rings (SSSR count). The van der Waals surface area contributed by atoms with Gasteiger partial charge in [0.05, 0.1) is 10.8 Å². The smallest absolute Gasteiger partial charge is 0.271 e. The fourth-order valence-electron chi connectivity index (χ4n) is 3.07. The van der Waals surface area contributed by atoms with Crippen LogP contribution in [0.3, 0.4) is 0 Å². The van der Waals surface area contributed by atoms with E-state index in [0.717, 1.165) is 16.8 Å². The van der Waals surface area contributed by atoms with Crippen LogP contribution in [0.25, 0.3) is 0 Å². The highest BCUT2D eigenvalue weighted by atomic mass is 16.6. The van der Waals surface area contributed by atoms with Crippen molar-refractivity contribution in [2.75, 3.05) is 16.8 Å². The lowest BCUT2D eigenvalue weighted by Gasteiger charge is -2.19. The number of nitro benzene ring substituents is 1. The van der Waals surface area contributed by atoms with Crippen LogP contribution in [0.1, 0.15) is 17.5 Å². The van der Waals surface area contributed by atoms with E-state index < -0.39 is 10.8 Å². The van der Waals surface area contributed by atoms with Crippen molar-refractivity contribution in [1.29, 1.82) is 0 Å². The van der Waals surface area contributed by atoms with E-state index in [4.69, 9.17) is 0 Å². The van der Waals surface area contributed by atoms with E-state index in [0.29, 0.717) is 12.2 Å². The van der Waals surface area contributed by atoms with E-state index >= 15 is 0 Å². The van der Waals surface area contributed by atoms with E-state index in [-0.39, 0.29) is 23.9 Å². The second kappa shape index (κ2) is 6.95. The molecular weight excluding hydrogens is 334 g/mol. The Morgan fingerprint density at radius 2 is 2.00 bits per heavy atom. The van der Waals surface area contributed by atoms with Crippen molar-refractivity contribution in [2.45, 2.75) is 20.3 Å². The van der Waals surface area contributed by atoms with Crippen molar-refractivity contribution < 1.29 is 14.5 Å². The Morgan fingerprint density at radius 1 is 1.23 bits per heavy atom. The lowest BCUT2D eigenvalue weighted by Crippen LogP contribution is -2.28. The summed E-state index contributed by atoms with van der Waals surface area (Å²) < 4.78 is 0. The summed E-state index contributed by atoms with van der Waals surface area (Å²) in [7, 11) is 0. The number of benzene rings is 2. The molecule has 134 valence electrons. The van der Waals surface area contributed by atoms with Gasteiger partial charge in [0.25, 0.3) is 5.69 Å². The first kappa shape index (κ1) is 17.6. The van der Waals surface area contributed by atoms with Gasteiger partial charge in [0.15, 0.2) is 0 Å². The molecule has 0 aliphatic carbocycles. The van der Waals surface area contributed by atoms with Crippen LogP contribution in [0, 0.1) is 29.9 Å². The maximum Gasteiger partial charge on any atom is 0.271 e. The number of nitrogens with one attached hydrogen (secondary N) is 1. The molecule has 1 atom stereocenters. The topological polar surface area (TPSA) is 92.6 Å². The van der Waals surface area contributed by atoms with Gasteiger partial charge in [0.2, 0.25) is 11.8 Å². The van der Waals surface area contributed by atoms with Gasteiger partial charge in [-0.15, -0.1) is 0 Å². The van der Waals surface area contributed by atoms with E-state index in [1.54, 1.807) is 11.0 Å². The molecule has 1 fully saturated rings. The second-order valence-corrected chi connectivity index (χ2v) is 6.49. The zero-order chi connectivity index (χ0) is 18.8. The third kappa shape index (κ3) is 3.56. The summed E-state index contributed by atoms with van der Waals surface area (Å²) >= 11 is 0. The first-order valence-corrected chi connectivity index (χ1v) is 8.28. The number of rotatable bonds is 4. The summed E-state index contributed by atoms with van der Waals surface area (Å²) in [4.78, 5) is 36.9. The number of hydrogen-bond acceptors (Lipinski definition) is 4. The summed E-state index contributed by atoms with van der Waals surface area (Å²) in [5.41, 5.74) is 3.09. The van der Waals surface area contributed by atoms with Crippen LogP contribution in [0.4, 0.5) is 17.1 Å². The second-order valence-electron chi connectivity index (χ2n) is 6.49. The molecule has 1 heterocycles. The Hall–Kier alpha value is -3.22. The molecule has 2 aromatic rings. The number of nitro groups is 1. The predicted molar refractivity (Wildman–Crippen MR) is 98.1 cm³/mol. The molecule has 0 spiro atoms. The molecule has 2 aromatic carbocycles. The number of anilines is 2. The van der Waals surface area contributed by atoms with Gasteiger partial charge in [-0.25, -0.2) is 0 Å². The molecule has 0 aromatic heterocycles. The van der Waals surface area contributed by atoms with Crippen molar-refractivity contribution in [1.82, 2.24) is 0 Å². The molecule has 1 aliphatic heterocycles. The van der Waals surface area contributed by atoms with Crippen LogP contribution in [-0.2, 0) is 9.59 Å². The van der Waals surface area contributed by atoms with Crippen LogP contribution in [0.2, 0.25) is 0 Å². The highest BCUT2D eigenvalue weighted by Gasteiger charge is 2.35. The molecule has 0 bridgehead atoms. The summed E-state index contributed by atoms with van der Waals surface area (Å²) in [5, 5.41) is 13.5. The number of carbonyl (C=O) groups excluding carboxylic acids is 2. The molecule has 7 heteroatoms. The van der Waals surface area contributed by atoms with Crippen LogP contribution >= 0.6 is 0 Å². The SMILES string of the molecule is Cc1ccc(C)c(N2C[C@H](C(=O)Nc3cccc([N+](=O)[O-])c3)CC2=O)c1. The van der Waals surface area contributed by atoms with Gasteiger partial charge in [-0.1, -0.05) is 18.2 Å². The fraction of sp³-hybridized carbons (Fsp3) is 0.263. The number of nitrogens with zero attached hydrogens (tertiary/aromatic N) is 2. The minimum atomic E-state index is -0.517. The van der Waals surface area contributed by atoms with Crippen molar-refractivity contribution in [2.24, 2.45) is 5.92 Å². The Morgan fingerprint density at radius 3 is 2.73 bits per heavy atom. The summed E-state index contributed by atoms with van der Waals surface area (Å²) in [5.74, 6) is -0.911.